The highest BCUT2D eigenvalue weighted by Gasteiger charge is 2.16. The number of hydrogen-bond donors (Lipinski definition) is 0. The first-order valence-corrected chi connectivity index (χ1v) is 16.9. The molecule has 0 aliphatic carbocycles. The first-order valence-electron chi connectivity index (χ1n) is 16.9. The molecule has 0 radical (unpaired) electrons. The molecule has 0 N–H and O–H groups in total. The molecule has 0 unspecified atom stereocenters. The molecule has 51 heavy (non-hydrogen) atoms. The molecule has 0 fully saturated rings. The minimum Gasteiger partial charge on any atom is -0.253 e. The third-order valence-corrected chi connectivity index (χ3v) is 9.03. The Morgan fingerprint density at radius 1 is 0.373 bits per heavy atom. The molecule has 9 rings (SSSR count). The molecule has 0 saturated heterocycles. The van der Waals surface area contributed by atoms with Crippen molar-refractivity contribution in [3.05, 3.63) is 170 Å². The molecule has 5 aromatic carbocycles. The van der Waals surface area contributed by atoms with Gasteiger partial charge in [-0.3, -0.25) is 9.97 Å². The molecule has 240 valence electrons. The summed E-state index contributed by atoms with van der Waals surface area (Å²) in [6, 6.07) is 53.7. The van der Waals surface area contributed by atoms with Gasteiger partial charge in [0, 0.05) is 39.4 Å². The SMILES string of the molecule is Cc1cc(-c2cccc(-c3ccccc3)c2)c2ccc3ccc(-c4cccc(-c5nc(-c6ccccc6)nc(-c6ccccn6)n5)c4)nc3c2n1. The fourth-order valence-electron chi connectivity index (χ4n) is 6.54. The Morgan fingerprint density at radius 3 is 1.78 bits per heavy atom. The van der Waals surface area contributed by atoms with E-state index in [2.05, 4.69) is 96.0 Å². The van der Waals surface area contributed by atoms with Crippen molar-refractivity contribution in [1.29, 1.82) is 0 Å². The molecule has 0 amide bonds. The number of fused-ring (bicyclic) bond motifs is 3. The Bertz CT molecular complexity index is 2640. The van der Waals surface area contributed by atoms with Gasteiger partial charge in [-0.25, -0.2) is 19.9 Å². The van der Waals surface area contributed by atoms with Crippen LogP contribution in [-0.4, -0.2) is 29.9 Å². The van der Waals surface area contributed by atoms with E-state index in [-0.39, 0.29) is 0 Å². The van der Waals surface area contributed by atoms with Crippen LogP contribution >= 0.6 is 0 Å². The topological polar surface area (TPSA) is 77.3 Å². The number of pyridine rings is 3. The van der Waals surface area contributed by atoms with E-state index in [1.165, 1.54) is 11.1 Å². The number of nitrogens with zero attached hydrogens (tertiary/aromatic N) is 6. The van der Waals surface area contributed by atoms with Crippen LogP contribution in [0.4, 0.5) is 0 Å². The number of aromatic nitrogens is 6. The fraction of sp³-hybridized carbons (Fsp3) is 0.0222. The van der Waals surface area contributed by atoms with Gasteiger partial charge in [-0.05, 0) is 65.6 Å². The van der Waals surface area contributed by atoms with Crippen molar-refractivity contribution >= 4 is 21.8 Å². The Morgan fingerprint density at radius 2 is 1.00 bits per heavy atom. The van der Waals surface area contributed by atoms with Crippen LogP contribution in [-0.2, 0) is 0 Å². The quantitative estimate of drug-likeness (QED) is 0.166. The molecule has 0 spiro atoms. The highest BCUT2D eigenvalue weighted by Crippen LogP contribution is 2.35. The molecular weight excluding hydrogens is 625 g/mol. The number of benzene rings is 5. The highest BCUT2D eigenvalue weighted by atomic mass is 15.0. The normalized spacial score (nSPS) is 11.2. The minimum absolute atomic E-state index is 0.520. The Kier molecular flexibility index (Phi) is 7.59. The lowest BCUT2D eigenvalue weighted by Gasteiger charge is -2.13. The standard InChI is InChI=1S/C45H30N6/c1-29-26-38(34-17-10-16-33(27-34)30-12-4-2-5-13-30)37-23-21-31-22-24-39(48-41(31)42(37)47-29)35-18-11-19-36(28-35)44-49-43(32-14-6-3-7-15-32)50-45(51-44)40-20-8-9-25-46-40/h2-28H,1H3. The van der Waals surface area contributed by atoms with Gasteiger partial charge in [-0.2, -0.15) is 0 Å². The number of aryl methyl sites for hydroxylation is 1. The van der Waals surface area contributed by atoms with Gasteiger partial charge >= 0.3 is 0 Å². The molecule has 0 aliphatic rings. The maximum atomic E-state index is 5.25. The Hall–Kier alpha value is -6.92. The Balaban J connectivity index is 1.15. The van der Waals surface area contributed by atoms with Gasteiger partial charge in [0.15, 0.2) is 17.5 Å². The summed E-state index contributed by atoms with van der Waals surface area (Å²) in [6.45, 7) is 2.05. The molecule has 6 heteroatoms. The van der Waals surface area contributed by atoms with Gasteiger partial charge < -0.3 is 0 Å². The van der Waals surface area contributed by atoms with Crippen molar-refractivity contribution in [2.45, 2.75) is 6.92 Å². The van der Waals surface area contributed by atoms with Crippen molar-refractivity contribution in [3.8, 4) is 67.8 Å². The summed E-state index contributed by atoms with van der Waals surface area (Å²) in [6.07, 6.45) is 1.75. The fourth-order valence-corrected chi connectivity index (χ4v) is 6.54. The number of rotatable bonds is 6. The van der Waals surface area contributed by atoms with Crippen LogP contribution in [0, 0.1) is 6.92 Å². The van der Waals surface area contributed by atoms with E-state index in [1.807, 2.05) is 73.7 Å². The van der Waals surface area contributed by atoms with E-state index in [0.29, 0.717) is 23.2 Å². The molecule has 0 saturated carbocycles. The largest absolute Gasteiger partial charge is 0.253 e. The van der Waals surface area contributed by atoms with Crippen molar-refractivity contribution < 1.29 is 0 Å². The van der Waals surface area contributed by atoms with Gasteiger partial charge in [0.25, 0.3) is 0 Å². The van der Waals surface area contributed by atoms with E-state index in [0.717, 1.165) is 61.0 Å². The average Bonchev–Trinajstić information content (AvgIpc) is 3.21. The first kappa shape index (κ1) is 30.2. The van der Waals surface area contributed by atoms with E-state index in [4.69, 9.17) is 24.9 Å². The maximum absolute atomic E-state index is 5.25. The van der Waals surface area contributed by atoms with Crippen LogP contribution in [0.25, 0.3) is 89.6 Å². The maximum Gasteiger partial charge on any atom is 0.182 e. The lowest BCUT2D eigenvalue weighted by Crippen LogP contribution is -2.01. The Labute approximate surface area is 295 Å². The van der Waals surface area contributed by atoms with Crippen LogP contribution in [0.1, 0.15) is 5.69 Å². The predicted octanol–water partition coefficient (Wildman–Crippen LogP) is 10.7. The van der Waals surface area contributed by atoms with E-state index >= 15 is 0 Å². The minimum atomic E-state index is 0.520. The van der Waals surface area contributed by atoms with Gasteiger partial charge in [0.1, 0.15) is 5.69 Å². The lowest BCUT2D eigenvalue weighted by atomic mass is 9.95. The second-order valence-electron chi connectivity index (χ2n) is 12.5. The van der Waals surface area contributed by atoms with Gasteiger partial charge in [-0.15, -0.1) is 0 Å². The molecular formula is C45H30N6. The third kappa shape index (κ3) is 5.89. The zero-order valence-corrected chi connectivity index (χ0v) is 27.8. The van der Waals surface area contributed by atoms with Gasteiger partial charge in [-0.1, -0.05) is 121 Å². The lowest BCUT2D eigenvalue weighted by molar-refractivity contribution is 1.06. The predicted molar refractivity (Wildman–Crippen MR) is 206 cm³/mol. The van der Waals surface area contributed by atoms with E-state index in [9.17, 15) is 0 Å². The zero-order valence-electron chi connectivity index (χ0n) is 27.8. The zero-order chi connectivity index (χ0) is 34.1. The van der Waals surface area contributed by atoms with E-state index in [1.54, 1.807) is 6.20 Å². The highest BCUT2D eigenvalue weighted by molar-refractivity contribution is 6.09. The molecule has 9 aromatic rings. The van der Waals surface area contributed by atoms with Crippen LogP contribution in [0.5, 0.6) is 0 Å². The molecule has 4 heterocycles. The summed E-state index contributed by atoms with van der Waals surface area (Å²) in [5.74, 6) is 1.68. The van der Waals surface area contributed by atoms with Crippen molar-refractivity contribution in [2.75, 3.05) is 0 Å². The molecule has 6 nitrogen and oxygen atoms in total. The van der Waals surface area contributed by atoms with Crippen LogP contribution in [0.2, 0.25) is 0 Å². The van der Waals surface area contributed by atoms with Crippen LogP contribution in [0.15, 0.2) is 164 Å². The molecule has 4 aromatic heterocycles. The molecule has 0 atom stereocenters. The molecule has 0 aliphatic heterocycles. The summed E-state index contributed by atoms with van der Waals surface area (Å²) in [4.78, 5) is 29.4. The molecule has 0 bridgehead atoms. The van der Waals surface area contributed by atoms with E-state index < -0.39 is 0 Å². The smallest absolute Gasteiger partial charge is 0.182 e. The summed E-state index contributed by atoms with van der Waals surface area (Å²) in [5.41, 5.74) is 11.6. The summed E-state index contributed by atoms with van der Waals surface area (Å²) in [7, 11) is 0. The first-order chi connectivity index (χ1) is 25.2. The second-order valence-corrected chi connectivity index (χ2v) is 12.5. The van der Waals surface area contributed by atoms with Crippen LogP contribution < -0.4 is 0 Å². The second kappa shape index (κ2) is 12.8. The summed E-state index contributed by atoms with van der Waals surface area (Å²) in [5, 5.41) is 2.10. The van der Waals surface area contributed by atoms with Crippen LogP contribution in [0.3, 0.4) is 0 Å². The van der Waals surface area contributed by atoms with Crippen molar-refractivity contribution in [2.24, 2.45) is 0 Å². The summed E-state index contributed by atoms with van der Waals surface area (Å²) < 4.78 is 0. The van der Waals surface area contributed by atoms with Crippen molar-refractivity contribution in [3.63, 3.8) is 0 Å². The summed E-state index contributed by atoms with van der Waals surface area (Å²) >= 11 is 0. The van der Waals surface area contributed by atoms with Gasteiger partial charge in [0.05, 0.1) is 16.7 Å². The third-order valence-electron chi connectivity index (χ3n) is 9.03. The average molecular weight is 655 g/mol. The van der Waals surface area contributed by atoms with Crippen molar-refractivity contribution in [1.82, 2.24) is 29.9 Å². The monoisotopic (exact) mass is 654 g/mol. The van der Waals surface area contributed by atoms with Gasteiger partial charge in [0.2, 0.25) is 0 Å². The number of hydrogen-bond acceptors (Lipinski definition) is 6.